The summed E-state index contributed by atoms with van der Waals surface area (Å²) in [6.45, 7) is 0. The van der Waals surface area contributed by atoms with Gasteiger partial charge in [0.2, 0.25) is 0 Å². The molecule has 1 unspecified atom stereocenters. The molecular formula is C15H9F3O3. The van der Waals surface area contributed by atoms with Gasteiger partial charge in [-0.25, -0.2) is 0 Å². The number of halogens is 3. The molecule has 3 rings (SSSR count). The van der Waals surface area contributed by atoms with Crippen molar-refractivity contribution in [1.82, 2.24) is 0 Å². The summed E-state index contributed by atoms with van der Waals surface area (Å²) in [6, 6.07) is 9.30. The van der Waals surface area contributed by atoms with Crippen LogP contribution in [0.2, 0.25) is 0 Å². The molecule has 1 atom stereocenters. The van der Waals surface area contributed by atoms with E-state index in [-0.39, 0.29) is 11.3 Å². The third-order valence-corrected chi connectivity index (χ3v) is 3.34. The Morgan fingerprint density at radius 2 is 1.71 bits per heavy atom. The van der Waals surface area contributed by atoms with Crippen LogP contribution in [0.25, 0.3) is 0 Å². The molecule has 1 heterocycles. The lowest BCUT2D eigenvalue weighted by Gasteiger charge is -2.26. The minimum Gasteiger partial charge on any atom is -0.481 e. The summed E-state index contributed by atoms with van der Waals surface area (Å²) in [6.07, 6.45) is -4.53. The van der Waals surface area contributed by atoms with Crippen molar-refractivity contribution in [1.29, 1.82) is 0 Å². The second-order valence-electron chi connectivity index (χ2n) is 4.66. The lowest BCUT2D eigenvalue weighted by molar-refractivity contribution is -0.139. The van der Waals surface area contributed by atoms with Crippen molar-refractivity contribution >= 4 is 5.97 Å². The highest BCUT2D eigenvalue weighted by molar-refractivity contribution is 5.84. The van der Waals surface area contributed by atoms with Gasteiger partial charge in [0.1, 0.15) is 17.4 Å². The fraction of sp³-hybridized carbons (Fsp3) is 0.133. The zero-order valence-electron chi connectivity index (χ0n) is 10.5. The van der Waals surface area contributed by atoms with Gasteiger partial charge in [-0.15, -0.1) is 0 Å². The summed E-state index contributed by atoms with van der Waals surface area (Å²) in [5.41, 5.74) is -0.539. The van der Waals surface area contributed by atoms with Crippen molar-refractivity contribution in [3.63, 3.8) is 0 Å². The summed E-state index contributed by atoms with van der Waals surface area (Å²) < 4.78 is 43.9. The molecule has 0 bridgehead atoms. The maximum atomic E-state index is 12.8. The van der Waals surface area contributed by atoms with Crippen LogP contribution in [0.1, 0.15) is 22.6 Å². The molecule has 6 heteroatoms. The number of rotatable bonds is 1. The lowest BCUT2D eigenvalue weighted by atomic mass is 9.87. The average Bonchev–Trinajstić information content (AvgIpc) is 2.42. The standard InChI is InChI=1S/C15H9F3O3/c16-15(17,18)8-5-6-12-10(7-8)13(14(19)20)9-3-1-2-4-11(9)21-12/h1-7,13H,(H,19,20). The van der Waals surface area contributed by atoms with Crippen LogP contribution >= 0.6 is 0 Å². The van der Waals surface area contributed by atoms with E-state index in [2.05, 4.69) is 0 Å². The molecule has 3 nitrogen and oxygen atoms in total. The number of benzene rings is 2. The van der Waals surface area contributed by atoms with Crippen LogP contribution < -0.4 is 4.74 Å². The molecule has 1 aliphatic heterocycles. The van der Waals surface area contributed by atoms with Crippen molar-refractivity contribution < 1.29 is 27.8 Å². The van der Waals surface area contributed by atoms with Gasteiger partial charge >= 0.3 is 12.1 Å². The molecule has 1 aliphatic rings. The highest BCUT2D eigenvalue weighted by Gasteiger charge is 2.36. The molecule has 0 radical (unpaired) electrons. The van der Waals surface area contributed by atoms with E-state index >= 15 is 0 Å². The van der Waals surface area contributed by atoms with Crippen LogP contribution in [0, 0.1) is 0 Å². The molecule has 2 aromatic rings. The Kier molecular flexibility index (Phi) is 2.90. The van der Waals surface area contributed by atoms with Crippen molar-refractivity contribution in [2.24, 2.45) is 0 Å². The fourth-order valence-corrected chi connectivity index (χ4v) is 2.41. The first-order valence-corrected chi connectivity index (χ1v) is 6.08. The van der Waals surface area contributed by atoms with Gasteiger partial charge in [-0.2, -0.15) is 13.2 Å². The van der Waals surface area contributed by atoms with Crippen LogP contribution in [-0.2, 0) is 11.0 Å². The number of fused-ring (bicyclic) bond motifs is 2. The Morgan fingerprint density at radius 3 is 2.38 bits per heavy atom. The van der Waals surface area contributed by atoms with Gasteiger partial charge in [-0.3, -0.25) is 4.79 Å². The third-order valence-electron chi connectivity index (χ3n) is 3.34. The van der Waals surface area contributed by atoms with E-state index in [1.807, 2.05) is 0 Å². The smallest absolute Gasteiger partial charge is 0.416 e. The van der Waals surface area contributed by atoms with E-state index in [1.54, 1.807) is 18.2 Å². The molecule has 1 N–H and O–H groups in total. The fourth-order valence-electron chi connectivity index (χ4n) is 2.41. The molecule has 0 amide bonds. The van der Waals surface area contributed by atoms with Crippen LogP contribution in [0.5, 0.6) is 11.5 Å². The Balaban J connectivity index is 2.20. The largest absolute Gasteiger partial charge is 0.481 e. The molecule has 0 spiro atoms. The lowest BCUT2D eigenvalue weighted by Crippen LogP contribution is -2.19. The maximum Gasteiger partial charge on any atom is 0.416 e. The predicted octanol–water partition coefficient (Wildman–Crippen LogP) is 4.03. The van der Waals surface area contributed by atoms with Crippen LogP contribution in [0.3, 0.4) is 0 Å². The Morgan fingerprint density at radius 1 is 1.05 bits per heavy atom. The van der Waals surface area contributed by atoms with E-state index in [0.29, 0.717) is 11.3 Å². The second kappa shape index (κ2) is 4.51. The predicted molar refractivity (Wildman–Crippen MR) is 67.4 cm³/mol. The number of alkyl halides is 3. The van der Waals surface area contributed by atoms with Gasteiger partial charge in [-0.1, -0.05) is 18.2 Å². The highest BCUT2D eigenvalue weighted by Crippen LogP contribution is 2.45. The van der Waals surface area contributed by atoms with E-state index < -0.39 is 23.6 Å². The molecule has 0 aliphatic carbocycles. The second-order valence-corrected chi connectivity index (χ2v) is 4.66. The molecule has 0 aromatic heterocycles. The SMILES string of the molecule is O=C(O)C1c2ccccc2Oc2ccc(C(F)(F)F)cc21. The normalized spacial score (nSPS) is 16.6. The molecule has 0 fully saturated rings. The van der Waals surface area contributed by atoms with Gasteiger partial charge in [0, 0.05) is 11.1 Å². The van der Waals surface area contributed by atoms with Gasteiger partial charge in [0.25, 0.3) is 0 Å². The molecule has 2 aromatic carbocycles. The van der Waals surface area contributed by atoms with Gasteiger partial charge in [0.15, 0.2) is 0 Å². The highest BCUT2D eigenvalue weighted by atomic mass is 19.4. The topological polar surface area (TPSA) is 46.5 Å². The first kappa shape index (κ1) is 13.5. The summed E-state index contributed by atoms with van der Waals surface area (Å²) >= 11 is 0. The summed E-state index contributed by atoms with van der Waals surface area (Å²) in [7, 11) is 0. The molecule has 21 heavy (non-hydrogen) atoms. The quantitative estimate of drug-likeness (QED) is 0.863. The number of ether oxygens (including phenoxy) is 1. The maximum absolute atomic E-state index is 12.8. The monoisotopic (exact) mass is 294 g/mol. The summed E-state index contributed by atoms with van der Waals surface area (Å²) in [4.78, 5) is 11.5. The molecule has 108 valence electrons. The molecular weight excluding hydrogens is 285 g/mol. The zero-order chi connectivity index (χ0) is 15.2. The number of carboxylic acid groups (broad SMARTS) is 1. The zero-order valence-corrected chi connectivity index (χ0v) is 10.5. The van der Waals surface area contributed by atoms with Crippen LogP contribution in [0.4, 0.5) is 13.2 Å². The average molecular weight is 294 g/mol. The number of carboxylic acids is 1. The van der Waals surface area contributed by atoms with Gasteiger partial charge < -0.3 is 9.84 Å². The van der Waals surface area contributed by atoms with Gasteiger partial charge in [-0.05, 0) is 24.3 Å². The number of carbonyl (C=O) groups is 1. The Bertz CT molecular complexity index is 722. The Labute approximate surface area is 117 Å². The summed E-state index contributed by atoms with van der Waals surface area (Å²) in [5.74, 6) is -1.91. The van der Waals surface area contributed by atoms with E-state index in [1.165, 1.54) is 6.07 Å². The van der Waals surface area contributed by atoms with Crippen LogP contribution in [-0.4, -0.2) is 11.1 Å². The first-order chi connectivity index (χ1) is 9.88. The summed E-state index contributed by atoms with van der Waals surface area (Å²) in [5, 5.41) is 9.39. The van der Waals surface area contributed by atoms with Crippen molar-refractivity contribution in [3.8, 4) is 11.5 Å². The van der Waals surface area contributed by atoms with Crippen molar-refractivity contribution in [2.75, 3.05) is 0 Å². The molecule has 0 saturated carbocycles. The van der Waals surface area contributed by atoms with E-state index in [0.717, 1.165) is 18.2 Å². The molecule has 0 saturated heterocycles. The number of aliphatic carboxylic acids is 1. The minimum absolute atomic E-state index is 0.0102. The number of para-hydroxylation sites is 1. The minimum atomic E-state index is -4.53. The number of hydrogen-bond acceptors (Lipinski definition) is 2. The van der Waals surface area contributed by atoms with E-state index in [9.17, 15) is 23.1 Å². The van der Waals surface area contributed by atoms with Crippen LogP contribution in [0.15, 0.2) is 42.5 Å². The van der Waals surface area contributed by atoms with E-state index in [4.69, 9.17) is 4.74 Å². The first-order valence-electron chi connectivity index (χ1n) is 6.08. The van der Waals surface area contributed by atoms with Gasteiger partial charge in [0.05, 0.1) is 5.56 Å². The number of hydrogen-bond donors (Lipinski definition) is 1. The third kappa shape index (κ3) is 2.22. The Hall–Kier alpha value is -2.50. The van der Waals surface area contributed by atoms with Crippen molar-refractivity contribution in [2.45, 2.75) is 12.1 Å². The van der Waals surface area contributed by atoms with Crippen molar-refractivity contribution in [3.05, 3.63) is 59.2 Å².